The molecule has 1 saturated heterocycles. The van der Waals surface area contributed by atoms with Crippen molar-refractivity contribution in [3.8, 4) is 0 Å². The maximum Gasteiger partial charge on any atom is 0.266 e. The summed E-state index contributed by atoms with van der Waals surface area (Å²) in [5.41, 5.74) is 0.820. The van der Waals surface area contributed by atoms with E-state index in [1.807, 2.05) is 0 Å². The summed E-state index contributed by atoms with van der Waals surface area (Å²) in [5.74, 6) is 0.179. The van der Waals surface area contributed by atoms with E-state index in [0.717, 1.165) is 18.5 Å². The van der Waals surface area contributed by atoms with Gasteiger partial charge in [-0.15, -0.1) is 0 Å². The van der Waals surface area contributed by atoms with Gasteiger partial charge in [0.05, 0.1) is 5.69 Å². The first kappa shape index (κ1) is 19.1. The van der Waals surface area contributed by atoms with Crippen LogP contribution in [-0.2, 0) is 12.0 Å². The van der Waals surface area contributed by atoms with Crippen molar-refractivity contribution in [1.29, 1.82) is 0 Å². The first-order valence-electron chi connectivity index (χ1n) is 9.31. The van der Waals surface area contributed by atoms with Crippen molar-refractivity contribution in [1.82, 2.24) is 19.7 Å². The highest BCUT2D eigenvalue weighted by Gasteiger charge is 2.25. The monoisotopic (exact) mass is 370 g/mol. The zero-order chi connectivity index (χ0) is 19.6. The number of pyridine rings is 1. The van der Waals surface area contributed by atoms with Crippen LogP contribution in [0.1, 0.15) is 49.7 Å². The van der Waals surface area contributed by atoms with Crippen molar-refractivity contribution >= 4 is 5.91 Å². The summed E-state index contributed by atoms with van der Waals surface area (Å²) in [6, 6.07) is 6.33. The molecule has 2 aromatic heterocycles. The SMILES string of the molecule is CC(C)(C)c1ccc(=O)n(CC2CCN(C(=O)c3cc[nH]c(=O)c3)CC2)n1. The maximum atomic E-state index is 12.5. The molecule has 0 saturated carbocycles. The number of H-pyrrole nitrogens is 1. The molecular formula is C20H26N4O3. The Morgan fingerprint density at radius 2 is 1.89 bits per heavy atom. The lowest BCUT2D eigenvalue weighted by Gasteiger charge is -2.32. The minimum atomic E-state index is -0.278. The number of nitrogens with one attached hydrogen (secondary N) is 1. The second kappa shape index (κ2) is 7.50. The van der Waals surface area contributed by atoms with E-state index in [1.54, 1.807) is 27.8 Å². The van der Waals surface area contributed by atoms with Crippen LogP contribution in [0.4, 0.5) is 0 Å². The molecule has 0 bridgehead atoms. The molecule has 144 valence electrons. The van der Waals surface area contributed by atoms with E-state index in [-0.39, 0.29) is 22.4 Å². The van der Waals surface area contributed by atoms with Crippen LogP contribution in [0.25, 0.3) is 0 Å². The molecule has 1 aliphatic rings. The van der Waals surface area contributed by atoms with Gasteiger partial charge in [0.15, 0.2) is 0 Å². The van der Waals surface area contributed by atoms with Gasteiger partial charge in [0.1, 0.15) is 0 Å². The minimum Gasteiger partial charge on any atom is -0.339 e. The number of nitrogens with zero attached hydrogens (tertiary/aromatic N) is 3. The topological polar surface area (TPSA) is 88.1 Å². The summed E-state index contributed by atoms with van der Waals surface area (Å²) < 4.78 is 1.56. The molecule has 0 aromatic carbocycles. The van der Waals surface area contributed by atoms with Crippen LogP contribution in [0.3, 0.4) is 0 Å². The van der Waals surface area contributed by atoms with Crippen LogP contribution in [0.2, 0.25) is 0 Å². The molecule has 2 aromatic rings. The van der Waals surface area contributed by atoms with E-state index in [1.165, 1.54) is 12.3 Å². The summed E-state index contributed by atoms with van der Waals surface area (Å²) in [4.78, 5) is 40.4. The molecule has 3 heterocycles. The van der Waals surface area contributed by atoms with Crippen molar-refractivity contribution < 1.29 is 4.79 Å². The van der Waals surface area contributed by atoms with Crippen LogP contribution >= 0.6 is 0 Å². The number of aromatic nitrogens is 3. The zero-order valence-corrected chi connectivity index (χ0v) is 16.1. The Morgan fingerprint density at radius 1 is 1.19 bits per heavy atom. The quantitative estimate of drug-likeness (QED) is 0.892. The van der Waals surface area contributed by atoms with E-state index >= 15 is 0 Å². The van der Waals surface area contributed by atoms with Gasteiger partial charge in [0, 0.05) is 48.9 Å². The Morgan fingerprint density at radius 3 is 2.52 bits per heavy atom. The van der Waals surface area contributed by atoms with Crippen LogP contribution in [0.5, 0.6) is 0 Å². The van der Waals surface area contributed by atoms with Crippen molar-refractivity contribution in [3.05, 3.63) is 62.4 Å². The third-order valence-corrected chi connectivity index (χ3v) is 4.99. The van der Waals surface area contributed by atoms with E-state index in [0.29, 0.717) is 31.1 Å². The van der Waals surface area contributed by atoms with Crippen LogP contribution in [0.15, 0.2) is 40.1 Å². The second-order valence-corrected chi connectivity index (χ2v) is 8.17. The van der Waals surface area contributed by atoms with Gasteiger partial charge in [-0.1, -0.05) is 20.8 Å². The lowest BCUT2D eigenvalue weighted by Crippen LogP contribution is -2.40. The number of amides is 1. The number of carbonyl (C=O) groups is 1. The molecule has 0 aliphatic carbocycles. The highest BCUT2D eigenvalue weighted by Crippen LogP contribution is 2.21. The lowest BCUT2D eigenvalue weighted by molar-refractivity contribution is 0.0680. The number of aromatic amines is 1. The van der Waals surface area contributed by atoms with Crippen LogP contribution in [-0.4, -0.2) is 38.7 Å². The van der Waals surface area contributed by atoms with Crippen molar-refractivity contribution in [2.45, 2.75) is 45.6 Å². The van der Waals surface area contributed by atoms with Crippen molar-refractivity contribution in [2.75, 3.05) is 13.1 Å². The number of rotatable bonds is 3. The fraction of sp³-hybridized carbons (Fsp3) is 0.500. The first-order valence-corrected chi connectivity index (χ1v) is 9.31. The molecule has 0 spiro atoms. The Hall–Kier alpha value is -2.70. The van der Waals surface area contributed by atoms with Crippen molar-refractivity contribution in [3.63, 3.8) is 0 Å². The van der Waals surface area contributed by atoms with Gasteiger partial charge >= 0.3 is 0 Å². The van der Waals surface area contributed by atoms with E-state index in [9.17, 15) is 14.4 Å². The van der Waals surface area contributed by atoms with Crippen molar-refractivity contribution in [2.24, 2.45) is 5.92 Å². The molecule has 1 aliphatic heterocycles. The van der Waals surface area contributed by atoms with E-state index in [4.69, 9.17) is 0 Å². The summed E-state index contributed by atoms with van der Waals surface area (Å²) in [6.45, 7) is 8.01. The molecular weight excluding hydrogens is 344 g/mol. The lowest BCUT2D eigenvalue weighted by atomic mass is 9.92. The Kier molecular flexibility index (Phi) is 5.30. The third-order valence-electron chi connectivity index (χ3n) is 4.99. The maximum absolute atomic E-state index is 12.5. The largest absolute Gasteiger partial charge is 0.339 e. The molecule has 1 N–H and O–H groups in total. The predicted molar refractivity (Wildman–Crippen MR) is 103 cm³/mol. The summed E-state index contributed by atoms with van der Waals surface area (Å²) in [5, 5.41) is 4.53. The average Bonchev–Trinajstić information content (AvgIpc) is 2.62. The number of carbonyl (C=O) groups excluding carboxylic acids is 1. The van der Waals surface area contributed by atoms with Gasteiger partial charge in [-0.2, -0.15) is 5.10 Å². The molecule has 0 radical (unpaired) electrons. The molecule has 3 rings (SSSR count). The van der Waals surface area contributed by atoms with Gasteiger partial charge in [-0.05, 0) is 30.9 Å². The Labute approximate surface area is 158 Å². The normalized spacial score (nSPS) is 15.7. The Bertz CT molecular complexity index is 931. The fourth-order valence-corrected chi connectivity index (χ4v) is 3.30. The summed E-state index contributed by atoms with van der Waals surface area (Å²) in [6.07, 6.45) is 3.11. The van der Waals surface area contributed by atoms with Gasteiger partial charge in [0.2, 0.25) is 5.56 Å². The highest BCUT2D eigenvalue weighted by molar-refractivity contribution is 5.94. The molecule has 1 fully saturated rings. The first-order chi connectivity index (χ1) is 12.7. The van der Waals surface area contributed by atoms with Gasteiger partial charge in [0.25, 0.3) is 11.5 Å². The molecule has 0 unspecified atom stereocenters. The summed E-state index contributed by atoms with van der Waals surface area (Å²) in [7, 11) is 0. The van der Waals surface area contributed by atoms with E-state index in [2.05, 4.69) is 30.9 Å². The number of piperidine rings is 1. The van der Waals surface area contributed by atoms with Crippen LogP contribution < -0.4 is 11.1 Å². The third kappa shape index (κ3) is 4.53. The standard InChI is InChI=1S/C20H26N4O3/c1-20(2,3)16-4-5-18(26)24(22-16)13-14-7-10-23(11-8-14)19(27)15-6-9-21-17(25)12-15/h4-6,9,12,14H,7-8,10-11,13H2,1-3H3,(H,21,25). The number of hydrogen-bond acceptors (Lipinski definition) is 4. The highest BCUT2D eigenvalue weighted by atomic mass is 16.2. The van der Waals surface area contributed by atoms with Gasteiger partial charge in [-0.3, -0.25) is 14.4 Å². The second-order valence-electron chi connectivity index (χ2n) is 8.17. The van der Waals surface area contributed by atoms with Gasteiger partial charge < -0.3 is 9.88 Å². The molecule has 27 heavy (non-hydrogen) atoms. The van der Waals surface area contributed by atoms with E-state index < -0.39 is 0 Å². The zero-order valence-electron chi connectivity index (χ0n) is 16.1. The molecule has 0 atom stereocenters. The molecule has 1 amide bonds. The fourth-order valence-electron chi connectivity index (χ4n) is 3.30. The Balaban J connectivity index is 1.64. The number of likely N-dealkylation sites (tertiary alicyclic amines) is 1. The average molecular weight is 370 g/mol. The smallest absolute Gasteiger partial charge is 0.266 e. The summed E-state index contributed by atoms with van der Waals surface area (Å²) >= 11 is 0. The predicted octanol–water partition coefficient (Wildman–Crippen LogP) is 1.78. The molecule has 7 heteroatoms. The van der Waals surface area contributed by atoms with Crippen LogP contribution in [0, 0.1) is 5.92 Å². The van der Waals surface area contributed by atoms with Gasteiger partial charge in [-0.25, -0.2) is 4.68 Å². The number of hydrogen-bond donors (Lipinski definition) is 1. The molecule has 7 nitrogen and oxygen atoms in total. The minimum absolute atomic E-state index is 0.0926.